The minimum atomic E-state index is 0.493. The Kier molecular flexibility index (Phi) is 3.93. The largest absolute Gasteiger partial charge is 0.370 e. The molecule has 2 aromatic heterocycles. The molecule has 1 unspecified atom stereocenters. The van der Waals surface area contributed by atoms with E-state index in [-0.39, 0.29) is 0 Å². The summed E-state index contributed by atoms with van der Waals surface area (Å²) >= 11 is 8.57. The molecule has 4 nitrogen and oxygen atoms in total. The average molecular weight is 389 g/mol. The number of anilines is 1. The van der Waals surface area contributed by atoms with Crippen molar-refractivity contribution in [2.24, 2.45) is 0 Å². The summed E-state index contributed by atoms with van der Waals surface area (Å²) in [6, 6.07) is 1.99. The van der Waals surface area contributed by atoms with Crippen LogP contribution in [0.25, 0.3) is 0 Å². The summed E-state index contributed by atoms with van der Waals surface area (Å²) in [5, 5.41) is 7.98. The number of rotatable bonds is 2. The van der Waals surface area contributed by atoms with E-state index in [1.54, 1.807) is 12.4 Å². The lowest BCUT2D eigenvalue weighted by atomic mass is 9.94. The van der Waals surface area contributed by atoms with Crippen LogP contribution in [0.4, 0.5) is 5.69 Å². The molecule has 0 saturated carbocycles. The maximum absolute atomic E-state index is 6.24. The van der Waals surface area contributed by atoms with Gasteiger partial charge in [0.1, 0.15) is 0 Å². The Balaban J connectivity index is 1.83. The first-order chi connectivity index (χ1) is 9.25. The molecule has 1 saturated heterocycles. The van der Waals surface area contributed by atoms with Crippen LogP contribution >= 0.6 is 34.2 Å². The lowest BCUT2D eigenvalue weighted by Gasteiger charge is -2.34. The van der Waals surface area contributed by atoms with Gasteiger partial charge >= 0.3 is 0 Å². The molecule has 0 bridgehead atoms. The minimum Gasteiger partial charge on any atom is -0.370 e. The molecule has 6 heteroatoms. The second-order valence-corrected chi connectivity index (χ2v) is 6.31. The minimum absolute atomic E-state index is 0.493. The molecule has 1 N–H and O–H groups in total. The SMILES string of the molecule is Clc1cnccc1N1CCCC(c2[nH]ncc2I)C1. The summed E-state index contributed by atoms with van der Waals surface area (Å²) in [6.45, 7) is 2.02. The van der Waals surface area contributed by atoms with Gasteiger partial charge in [-0.05, 0) is 41.5 Å². The Morgan fingerprint density at radius 1 is 1.42 bits per heavy atom. The summed E-state index contributed by atoms with van der Waals surface area (Å²) in [6.07, 6.45) is 7.75. The molecule has 0 aromatic carbocycles. The lowest BCUT2D eigenvalue weighted by Crippen LogP contribution is -2.34. The summed E-state index contributed by atoms with van der Waals surface area (Å²) in [4.78, 5) is 6.39. The summed E-state index contributed by atoms with van der Waals surface area (Å²) in [5.74, 6) is 0.493. The van der Waals surface area contributed by atoms with Crippen LogP contribution in [0, 0.1) is 3.57 Å². The van der Waals surface area contributed by atoms with Crippen LogP contribution in [0.15, 0.2) is 24.7 Å². The fraction of sp³-hybridized carbons (Fsp3) is 0.385. The van der Waals surface area contributed by atoms with Crippen molar-refractivity contribution in [3.05, 3.63) is 38.9 Å². The summed E-state index contributed by atoms with van der Waals surface area (Å²) in [5.41, 5.74) is 2.33. The van der Waals surface area contributed by atoms with E-state index in [0.717, 1.165) is 23.8 Å². The highest BCUT2D eigenvalue weighted by atomic mass is 127. The highest BCUT2D eigenvalue weighted by molar-refractivity contribution is 14.1. The van der Waals surface area contributed by atoms with Crippen molar-refractivity contribution >= 4 is 39.9 Å². The normalized spacial score (nSPS) is 19.7. The Hall–Kier alpha value is -0.820. The van der Waals surface area contributed by atoms with E-state index in [4.69, 9.17) is 11.6 Å². The third-order valence-corrected chi connectivity index (χ3v) is 4.69. The molecular weight excluding hydrogens is 375 g/mol. The maximum Gasteiger partial charge on any atom is 0.0822 e. The smallest absolute Gasteiger partial charge is 0.0822 e. The molecule has 1 aliphatic heterocycles. The summed E-state index contributed by atoms with van der Waals surface area (Å²) in [7, 11) is 0. The molecular formula is C13H14ClIN4. The van der Waals surface area contributed by atoms with Crippen LogP contribution in [-0.4, -0.2) is 28.3 Å². The van der Waals surface area contributed by atoms with Crippen LogP contribution in [0.5, 0.6) is 0 Å². The van der Waals surface area contributed by atoms with E-state index in [1.165, 1.54) is 22.1 Å². The predicted molar refractivity (Wildman–Crippen MR) is 84.7 cm³/mol. The Bertz CT molecular complexity index is 571. The zero-order valence-electron chi connectivity index (χ0n) is 10.3. The van der Waals surface area contributed by atoms with Crippen molar-refractivity contribution in [1.82, 2.24) is 15.2 Å². The van der Waals surface area contributed by atoms with Crippen molar-refractivity contribution in [2.75, 3.05) is 18.0 Å². The number of hydrogen-bond acceptors (Lipinski definition) is 3. The number of halogens is 2. The quantitative estimate of drug-likeness (QED) is 0.802. The zero-order chi connectivity index (χ0) is 13.2. The summed E-state index contributed by atoms with van der Waals surface area (Å²) < 4.78 is 1.21. The number of nitrogens with one attached hydrogen (secondary N) is 1. The van der Waals surface area contributed by atoms with E-state index in [0.29, 0.717) is 5.92 Å². The Morgan fingerprint density at radius 3 is 3.05 bits per heavy atom. The lowest BCUT2D eigenvalue weighted by molar-refractivity contribution is 0.499. The van der Waals surface area contributed by atoms with Gasteiger partial charge in [-0.15, -0.1) is 0 Å². The van der Waals surface area contributed by atoms with Crippen LogP contribution in [0.1, 0.15) is 24.5 Å². The third-order valence-electron chi connectivity index (χ3n) is 3.54. The van der Waals surface area contributed by atoms with Gasteiger partial charge < -0.3 is 4.90 Å². The number of piperidine rings is 1. The van der Waals surface area contributed by atoms with E-state index >= 15 is 0 Å². The molecule has 3 rings (SSSR count). The van der Waals surface area contributed by atoms with E-state index in [2.05, 4.69) is 42.7 Å². The van der Waals surface area contributed by atoms with Gasteiger partial charge in [0.2, 0.25) is 0 Å². The average Bonchev–Trinajstić information content (AvgIpc) is 2.86. The van der Waals surface area contributed by atoms with Crippen molar-refractivity contribution in [3.63, 3.8) is 0 Å². The molecule has 1 fully saturated rings. The van der Waals surface area contributed by atoms with Gasteiger partial charge in [0, 0.05) is 31.4 Å². The van der Waals surface area contributed by atoms with E-state index in [1.807, 2.05) is 12.3 Å². The second kappa shape index (κ2) is 5.66. The van der Waals surface area contributed by atoms with Gasteiger partial charge in [-0.3, -0.25) is 10.1 Å². The topological polar surface area (TPSA) is 44.8 Å². The van der Waals surface area contributed by atoms with Crippen molar-refractivity contribution in [3.8, 4) is 0 Å². The van der Waals surface area contributed by atoms with Crippen LogP contribution < -0.4 is 4.90 Å². The van der Waals surface area contributed by atoms with Gasteiger partial charge in [-0.1, -0.05) is 11.6 Å². The van der Waals surface area contributed by atoms with Crippen LogP contribution in [0.2, 0.25) is 5.02 Å². The highest BCUT2D eigenvalue weighted by Crippen LogP contribution is 2.33. The monoisotopic (exact) mass is 388 g/mol. The molecule has 0 radical (unpaired) electrons. The van der Waals surface area contributed by atoms with Crippen molar-refractivity contribution in [1.29, 1.82) is 0 Å². The maximum atomic E-state index is 6.24. The first kappa shape index (κ1) is 13.2. The van der Waals surface area contributed by atoms with Gasteiger partial charge in [0.15, 0.2) is 0 Å². The molecule has 0 amide bonds. The number of aromatic nitrogens is 3. The Morgan fingerprint density at radius 2 is 2.32 bits per heavy atom. The number of aromatic amines is 1. The van der Waals surface area contributed by atoms with Crippen LogP contribution in [-0.2, 0) is 0 Å². The predicted octanol–water partition coefficient (Wildman–Crippen LogP) is 3.45. The third kappa shape index (κ3) is 2.72. The molecule has 100 valence electrons. The molecule has 0 aliphatic carbocycles. The van der Waals surface area contributed by atoms with E-state index < -0.39 is 0 Å². The molecule has 19 heavy (non-hydrogen) atoms. The fourth-order valence-electron chi connectivity index (χ4n) is 2.62. The molecule has 1 atom stereocenters. The number of pyridine rings is 1. The first-order valence-electron chi connectivity index (χ1n) is 6.29. The Labute approximate surface area is 130 Å². The van der Waals surface area contributed by atoms with Crippen LogP contribution in [0.3, 0.4) is 0 Å². The first-order valence-corrected chi connectivity index (χ1v) is 7.74. The standard InChI is InChI=1S/C13H14ClIN4/c14-10-6-16-4-3-12(10)19-5-1-2-9(8-19)13-11(15)7-17-18-13/h3-4,6-7,9H,1-2,5,8H2,(H,17,18). The molecule has 2 aromatic rings. The highest BCUT2D eigenvalue weighted by Gasteiger charge is 2.25. The van der Waals surface area contributed by atoms with Gasteiger partial charge in [0.25, 0.3) is 0 Å². The fourth-order valence-corrected chi connectivity index (χ4v) is 3.56. The van der Waals surface area contributed by atoms with Gasteiger partial charge in [-0.2, -0.15) is 5.10 Å². The molecule has 0 spiro atoms. The van der Waals surface area contributed by atoms with Gasteiger partial charge in [-0.25, -0.2) is 0 Å². The number of nitrogens with zero attached hydrogens (tertiary/aromatic N) is 3. The zero-order valence-corrected chi connectivity index (χ0v) is 13.2. The van der Waals surface area contributed by atoms with Crippen molar-refractivity contribution in [2.45, 2.75) is 18.8 Å². The van der Waals surface area contributed by atoms with E-state index in [9.17, 15) is 0 Å². The molecule has 3 heterocycles. The molecule has 1 aliphatic rings. The number of H-pyrrole nitrogens is 1. The second-order valence-electron chi connectivity index (χ2n) is 4.74. The van der Waals surface area contributed by atoms with Crippen molar-refractivity contribution < 1.29 is 0 Å². The number of hydrogen-bond donors (Lipinski definition) is 1. The van der Waals surface area contributed by atoms with Gasteiger partial charge in [0.05, 0.1) is 26.2 Å².